The van der Waals surface area contributed by atoms with Crippen LogP contribution in [0.25, 0.3) is 0 Å². The maximum atomic E-state index is 11.5. The van der Waals surface area contributed by atoms with Crippen molar-refractivity contribution in [2.75, 3.05) is 19.6 Å². The summed E-state index contributed by atoms with van der Waals surface area (Å²) in [6.45, 7) is 4.65. The van der Waals surface area contributed by atoms with Gasteiger partial charge in [0.2, 0.25) is 5.91 Å². The van der Waals surface area contributed by atoms with Crippen LogP contribution in [0.15, 0.2) is 0 Å². The van der Waals surface area contributed by atoms with Gasteiger partial charge in [0.15, 0.2) is 0 Å². The lowest BCUT2D eigenvalue weighted by atomic mass is 10.3. The van der Waals surface area contributed by atoms with E-state index in [1.807, 2.05) is 13.8 Å². The zero-order chi connectivity index (χ0) is 10.7. The van der Waals surface area contributed by atoms with Crippen LogP contribution in [0, 0.1) is 0 Å². The summed E-state index contributed by atoms with van der Waals surface area (Å²) in [5, 5.41) is 21.5. The molecule has 5 nitrogen and oxygen atoms in total. The summed E-state index contributed by atoms with van der Waals surface area (Å²) < 4.78 is 0. The van der Waals surface area contributed by atoms with Crippen molar-refractivity contribution in [2.24, 2.45) is 0 Å². The number of likely N-dealkylation sites (tertiary alicyclic amines) is 1. The van der Waals surface area contributed by atoms with Crippen molar-refractivity contribution in [3.8, 4) is 0 Å². The van der Waals surface area contributed by atoms with Gasteiger partial charge in [-0.2, -0.15) is 0 Å². The van der Waals surface area contributed by atoms with Gasteiger partial charge in [0.05, 0.1) is 18.8 Å². The van der Waals surface area contributed by atoms with Crippen LogP contribution in [0.5, 0.6) is 0 Å². The number of amides is 1. The van der Waals surface area contributed by atoms with Crippen LogP contribution in [0.3, 0.4) is 0 Å². The first-order valence-corrected chi connectivity index (χ1v) is 4.88. The molecule has 0 bridgehead atoms. The zero-order valence-corrected chi connectivity index (χ0v) is 8.60. The van der Waals surface area contributed by atoms with Crippen LogP contribution in [0.1, 0.15) is 13.8 Å². The molecule has 1 heterocycles. The molecular weight excluding hydrogens is 184 g/mol. The Morgan fingerprint density at radius 2 is 1.93 bits per heavy atom. The number of hydrogen-bond donors (Lipinski definition) is 3. The van der Waals surface area contributed by atoms with E-state index in [0.29, 0.717) is 0 Å². The highest BCUT2D eigenvalue weighted by atomic mass is 16.3. The van der Waals surface area contributed by atoms with Crippen LogP contribution in [0.4, 0.5) is 0 Å². The second-order valence-corrected chi connectivity index (χ2v) is 3.97. The third-order valence-electron chi connectivity index (χ3n) is 2.27. The molecule has 3 N–H and O–H groups in total. The molecule has 0 aromatic rings. The third-order valence-corrected chi connectivity index (χ3v) is 2.27. The Hall–Kier alpha value is -0.650. The average Bonchev–Trinajstić information content (AvgIpc) is 2.43. The van der Waals surface area contributed by atoms with Gasteiger partial charge in [-0.1, -0.05) is 13.8 Å². The fourth-order valence-electron chi connectivity index (χ4n) is 1.38. The minimum absolute atomic E-state index is 0.0747. The molecule has 0 saturated carbocycles. The molecule has 1 saturated heterocycles. The Bertz CT molecular complexity index is 198. The number of hydrogen-bond acceptors (Lipinski definition) is 4. The Morgan fingerprint density at radius 3 is 2.36 bits per heavy atom. The highest BCUT2D eigenvalue weighted by Gasteiger charge is 2.32. The van der Waals surface area contributed by atoms with Crippen molar-refractivity contribution in [1.82, 2.24) is 10.2 Å². The fourth-order valence-corrected chi connectivity index (χ4v) is 1.38. The molecule has 0 radical (unpaired) electrons. The van der Waals surface area contributed by atoms with Crippen LogP contribution in [-0.4, -0.2) is 58.9 Å². The number of nitrogens with one attached hydrogen (secondary N) is 1. The number of rotatable bonds is 3. The van der Waals surface area contributed by atoms with Crippen molar-refractivity contribution < 1.29 is 15.0 Å². The molecule has 0 aliphatic carbocycles. The Morgan fingerprint density at radius 1 is 1.43 bits per heavy atom. The van der Waals surface area contributed by atoms with Gasteiger partial charge in [-0.15, -0.1) is 0 Å². The van der Waals surface area contributed by atoms with E-state index >= 15 is 0 Å². The van der Waals surface area contributed by atoms with Crippen molar-refractivity contribution in [1.29, 1.82) is 0 Å². The van der Waals surface area contributed by atoms with Gasteiger partial charge < -0.3 is 20.4 Å². The van der Waals surface area contributed by atoms with Crippen LogP contribution in [-0.2, 0) is 4.79 Å². The Balaban J connectivity index is 2.32. The summed E-state index contributed by atoms with van der Waals surface area (Å²) in [6, 6.07) is 0.261. The monoisotopic (exact) mass is 202 g/mol. The number of aliphatic hydroxyl groups excluding tert-OH is 2. The first kappa shape index (κ1) is 11.4. The largest absolute Gasteiger partial charge is 0.388 e. The summed E-state index contributed by atoms with van der Waals surface area (Å²) in [5.74, 6) is -0.0747. The first-order valence-electron chi connectivity index (χ1n) is 4.88. The number of β-amino-alcohol motifs (C(OH)–C–C–N with tert-alkyl or cyclic N) is 2. The minimum atomic E-state index is -0.794. The standard InChI is InChI=1S/C9H18N2O3/c1-6(2)10-3-9(14)11-4-7(12)8(13)5-11/h6-8,10,12-13H,3-5H2,1-2H3. The van der Waals surface area contributed by atoms with E-state index in [2.05, 4.69) is 5.32 Å². The fraction of sp³-hybridized carbons (Fsp3) is 0.889. The predicted octanol–water partition coefficient (Wildman–Crippen LogP) is -1.45. The summed E-state index contributed by atoms with van der Waals surface area (Å²) in [4.78, 5) is 13.0. The summed E-state index contributed by atoms with van der Waals surface area (Å²) in [6.07, 6.45) is -1.59. The highest BCUT2D eigenvalue weighted by Crippen LogP contribution is 2.09. The zero-order valence-electron chi connectivity index (χ0n) is 8.60. The molecule has 5 heteroatoms. The third kappa shape index (κ3) is 2.94. The van der Waals surface area contributed by atoms with Gasteiger partial charge in [0.25, 0.3) is 0 Å². The molecule has 0 aromatic heterocycles. The number of aliphatic hydroxyl groups is 2. The number of nitrogens with zero attached hydrogens (tertiary/aromatic N) is 1. The molecule has 1 rings (SSSR count). The van der Waals surface area contributed by atoms with E-state index in [4.69, 9.17) is 0 Å². The lowest BCUT2D eigenvalue weighted by Crippen LogP contribution is -2.39. The SMILES string of the molecule is CC(C)NCC(=O)N1CC(O)C(O)C1. The van der Waals surface area contributed by atoms with Gasteiger partial charge in [-0.05, 0) is 0 Å². The molecule has 1 amide bonds. The molecule has 1 aliphatic rings. The molecule has 82 valence electrons. The summed E-state index contributed by atoms with van der Waals surface area (Å²) in [5.41, 5.74) is 0. The molecule has 0 aromatic carbocycles. The normalized spacial score (nSPS) is 27.4. The maximum absolute atomic E-state index is 11.5. The summed E-state index contributed by atoms with van der Waals surface area (Å²) in [7, 11) is 0. The number of carbonyl (C=O) groups is 1. The van der Waals surface area contributed by atoms with E-state index < -0.39 is 12.2 Å². The van der Waals surface area contributed by atoms with E-state index in [1.54, 1.807) is 0 Å². The van der Waals surface area contributed by atoms with Crippen molar-refractivity contribution in [2.45, 2.75) is 32.1 Å². The molecule has 1 aliphatic heterocycles. The van der Waals surface area contributed by atoms with E-state index in [9.17, 15) is 15.0 Å². The second kappa shape index (κ2) is 4.72. The van der Waals surface area contributed by atoms with Gasteiger partial charge in [-0.3, -0.25) is 4.79 Å². The lowest BCUT2D eigenvalue weighted by molar-refractivity contribution is -0.129. The topological polar surface area (TPSA) is 72.8 Å². The molecule has 2 unspecified atom stereocenters. The average molecular weight is 202 g/mol. The highest BCUT2D eigenvalue weighted by molar-refractivity contribution is 5.78. The van der Waals surface area contributed by atoms with Gasteiger partial charge in [0, 0.05) is 19.1 Å². The van der Waals surface area contributed by atoms with Crippen molar-refractivity contribution in [3.63, 3.8) is 0 Å². The van der Waals surface area contributed by atoms with Crippen molar-refractivity contribution >= 4 is 5.91 Å². The Labute approximate surface area is 83.7 Å². The second-order valence-electron chi connectivity index (χ2n) is 3.97. The summed E-state index contributed by atoms with van der Waals surface area (Å²) >= 11 is 0. The van der Waals surface area contributed by atoms with E-state index in [0.717, 1.165) is 0 Å². The van der Waals surface area contributed by atoms with Crippen LogP contribution >= 0.6 is 0 Å². The van der Waals surface area contributed by atoms with E-state index in [-0.39, 0.29) is 31.6 Å². The van der Waals surface area contributed by atoms with Gasteiger partial charge in [-0.25, -0.2) is 0 Å². The van der Waals surface area contributed by atoms with Gasteiger partial charge in [0.1, 0.15) is 0 Å². The Kier molecular flexibility index (Phi) is 3.86. The molecule has 2 atom stereocenters. The maximum Gasteiger partial charge on any atom is 0.236 e. The predicted molar refractivity (Wildman–Crippen MR) is 51.7 cm³/mol. The smallest absolute Gasteiger partial charge is 0.236 e. The minimum Gasteiger partial charge on any atom is -0.388 e. The number of carbonyl (C=O) groups excluding carboxylic acids is 1. The molecule has 1 fully saturated rings. The lowest BCUT2D eigenvalue weighted by Gasteiger charge is -2.16. The quantitative estimate of drug-likeness (QED) is 0.523. The first-order chi connectivity index (χ1) is 6.50. The van der Waals surface area contributed by atoms with Crippen LogP contribution in [0.2, 0.25) is 0 Å². The molecule has 14 heavy (non-hydrogen) atoms. The molecule has 0 spiro atoms. The van der Waals surface area contributed by atoms with E-state index in [1.165, 1.54) is 4.90 Å². The van der Waals surface area contributed by atoms with Gasteiger partial charge >= 0.3 is 0 Å². The van der Waals surface area contributed by atoms with Crippen LogP contribution < -0.4 is 5.32 Å². The van der Waals surface area contributed by atoms with Crippen molar-refractivity contribution in [3.05, 3.63) is 0 Å². The molecular formula is C9H18N2O3.